The number of morpholine rings is 1. The molecule has 2 aromatic heterocycles. The first-order chi connectivity index (χ1) is 16.5. The van der Waals surface area contributed by atoms with Gasteiger partial charge >= 0.3 is 0 Å². The summed E-state index contributed by atoms with van der Waals surface area (Å²) in [6.07, 6.45) is 1.65. The maximum Gasteiger partial charge on any atom is 0.276 e. The van der Waals surface area contributed by atoms with Gasteiger partial charge in [-0.05, 0) is 50.2 Å². The predicted molar refractivity (Wildman–Crippen MR) is 137 cm³/mol. The van der Waals surface area contributed by atoms with Crippen LogP contribution >= 0.6 is 22.9 Å². The second-order valence-electron chi connectivity index (χ2n) is 8.30. The molecule has 0 aliphatic carbocycles. The smallest absolute Gasteiger partial charge is 0.276 e. The molecule has 2 unspecified atom stereocenters. The topological polar surface area (TPSA) is 83.1 Å². The Labute approximate surface area is 206 Å². The van der Waals surface area contributed by atoms with Crippen LogP contribution in [0.15, 0.2) is 60.1 Å². The molecule has 34 heavy (non-hydrogen) atoms. The Hall–Kier alpha value is -3.20. The van der Waals surface area contributed by atoms with Gasteiger partial charge in [0.1, 0.15) is 17.2 Å². The molecule has 2 atom stereocenters. The van der Waals surface area contributed by atoms with Crippen LogP contribution in [0.25, 0.3) is 22.6 Å². The van der Waals surface area contributed by atoms with Crippen LogP contribution in [0, 0.1) is 0 Å². The highest BCUT2D eigenvalue weighted by atomic mass is 35.5. The number of imidazole rings is 1. The average Bonchev–Trinajstić information content (AvgIpc) is 3.50. The Bertz CT molecular complexity index is 1260. The third kappa shape index (κ3) is 4.57. The van der Waals surface area contributed by atoms with Gasteiger partial charge in [-0.3, -0.25) is 10.1 Å². The molecule has 0 spiro atoms. The molecule has 2 aromatic carbocycles. The second kappa shape index (κ2) is 9.58. The number of amides is 1. The van der Waals surface area contributed by atoms with Gasteiger partial charge in [-0.2, -0.15) is 0 Å². The van der Waals surface area contributed by atoms with E-state index in [9.17, 15) is 4.79 Å². The molecule has 3 heterocycles. The zero-order chi connectivity index (χ0) is 23.7. The number of aromatic nitrogens is 3. The highest BCUT2D eigenvalue weighted by Crippen LogP contribution is 2.30. The number of nitrogens with zero attached hydrogens (tertiary/aromatic N) is 3. The number of benzene rings is 2. The summed E-state index contributed by atoms with van der Waals surface area (Å²) in [6, 6.07) is 16.1. The van der Waals surface area contributed by atoms with Crippen LogP contribution in [0.4, 0.5) is 10.8 Å². The van der Waals surface area contributed by atoms with Gasteiger partial charge in [-0.15, -0.1) is 11.3 Å². The molecule has 1 aliphatic heterocycles. The summed E-state index contributed by atoms with van der Waals surface area (Å²) in [4.78, 5) is 27.6. The highest BCUT2D eigenvalue weighted by molar-refractivity contribution is 7.13. The van der Waals surface area contributed by atoms with E-state index in [-0.39, 0.29) is 5.91 Å². The third-order valence-corrected chi connectivity index (χ3v) is 6.75. The molecule has 1 fully saturated rings. The van der Waals surface area contributed by atoms with Crippen LogP contribution in [-0.4, -0.2) is 46.2 Å². The lowest BCUT2D eigenvalue weighted by Gasteiger charge is -2.40. The van der Waals surface area contributed by atoms with E-state index in [1.807, 2.05) is 29.6 Å². The minimum atomic E-state index is -0.300. The van der Waals surface area contributed by atoms with Gasteiger partial charge in [0.2, 0.25) is 0 Å². The van der Waals surface area contributed by atoms with E-state index in [2.05, 4.69) is 46.2 Å². The molecular formula is C25H24ClN5O2S. The molecule has 0 bridgehead atoms. The van der Waals surface area contributed by atoms with Crippen molar-refractivity contribution in [3.8, 4) is 22.6 Å². The average molecular weight is 494 g/mol. The fourth-order valence-electron chi connectivity index (χ4n) is 4.24. The summed E-state index contributed by atoms with van der Waals surface area (Å²) in [7, 11) is 0. The van der Waals surface area contributed by atoms with Crippen molar-refractivity contribution in [3.05, 3.63) is 70.8 Å². The molecule has 5 rings (SSSR count). The van der Waals surface area contributed by atoms with Crippen molar-refractivity contribution in [1.82, 2.24) is 15.0 Å². The minimum absolute atomic E-state index is 0.300. The standard InChI is InChI=1S/C25H24ClN5O2S/c1-15-13-33-14-16(2)31(15)20-9-5-18(6-10-20)23-28-21(17-3-7-19(26)8-4-17)22(29-23)24(32)30-25-27-11-12-34-25/h3-12,15-16H,13-14H2,1-2H3,(H,28,29)(H,27,30,32). The van der Waals surface area contributed by atoms with Gasteiger partial charge in [-0.25, -0.2) is 9.97 Å². The molecule has 0 radical (unpaired) electrons. The largest absolute Gasteiger partial charge is 0.377 e. The van der Waals surface area contributed by atoms with Crippen LogP contribution in [-0.2, 0) is 4.74 Å². The van der Waals surface area contributed by atoms with Gasteiger partial charge in [0.25, 0.3) is 5.91 Å². The number of carbonyl (C=O) groups is 1. The van der Waals surface area contributed by atoms with E-state index in [4.69, 9.17) is 21.3 Å². The van der Waals surface area contributed by atoms with Crippen molar-refractivity contribution >= 4 is 39.7 Å². The van der Waals surface area contributed by atoms with Crippen molar-refractivity contribution in [1.29, 1.82) is 0 Å². The lowest BCUT2D eigenvalue weighted by atomic mass is 10.1. The Morgan fingerprint density at radius 1 is 1.09 bits per heavy atom. The van der Waals surface area contributed by atoms with Crippen LogP contribution in [0.3, 0.4) is 0 Å². The molecule has 2 N–H and O–H groups in total. The summed E-state index contributed by atoms with van der Waals surface area (Å²) in [5.74, 6) is 0.315. The van der Waals surface area contributed by atoms with Crippen molar-refractivity contribution in [3.63, 3.8) is 0 Å². The second-order valence-corrected chi connectivity index (χ2v) is 9.63. The van der Waals surface area contributed by atoms with Crippen LogP contribution in [0.1, 0.15) is 24.3 Å². The maximum absolute atomic E-state index is 13.1. The van der Waals surface area contributed by atoms with Crippen molar-refractivity contribution in [2.24, 2.45) is 0 Å². The number of nitrogens with one attached hydrogen (secondary N) is 2. The van der Waals surface area contributed by atoms with E-state index in [1.165, 1.54) is 11.3 Å². The van der Waals surface area contributed by atoms with Crippen molar-refractivity contribution in [2.45, 2.75) is 25.9 Å². The number of ether oxygens (including phenoxy) is 1. The summed E-state index contributed by atoms with van der Waals surface area (Å²) < 4.78 is 5.66. The summed E-state index contributed by atoms with van der Waals surface area (Å²) in [6.45, 7) is 5.77. The first kappa shape index (κ1) is 22.6. The summed E-state index contributed by atoms with van der Waals surface area (Å²) in [5, 5.41) is 5.80. The molecule has 4 aromatic rings. The van der Waals surface area contributed by atoms with E-state index < -0.39 is 0 Å². The first-order valence-corrected chi connectivity index (χ1v) is 12.3. The Morgan fingerprint density at radius 2 is 1.76 bits per heavy atom. The first-order valence-electron chi connectivity index (χ1n) is 11.0. The highest BCUT2D eigenvalue weighted by Gasteiger charge is 2.26. The molecule has 9 heteroatoms. The van der Waals surface area contributed by atoms with Gasteiger partial charge in [-0.1, -0.05) is 23.7 Å². The number of rotatable bonds is 5. The van der Waals surface area contributed by atoms with Gasteiger partial charge in [0, 0.05) is 45.5 Å². The van der Waals surface area contributed by atoms with Crippen molar-refractivity contribution in [2.75, 3.05) is 23.4 Å². The molecule has 174 valence electrons. The fraction of sp³-hybridized carbons (Fsp3) is 0.240. The minimum Gasteiger partial charge on any atom is -0.377 e. The summed E-state index contributed by atoms with van der Waals surface area (Å²) >= 11 is 7.43. The molecule has 0 saturated carbocycles. The number of carbonyl (C=O) groups excluding carboxylic acids is 1. The number of aromatic amines is 1. The van der Waals surface area contributed by atoms with Crippen LogP contribution in [0.2, 0.25) is 5.02 Å². The van der Waals surface area contributed by atoms with E-state index >= 15 is 0 Å². The number of thiazole rings is 1. The van der Waals surface area contributed by atoms with Crippen molar-refractivity contribution < 1.29 is 9.53 Å². The molecule has 1 amide bonds. The van der Waals surface area contributed by atoms with E-state index in [1.54, 1.807) is 18.3 Å². The van der Waals surface area contributed by atoms with Gasteiger partial charge in [0.15, 0.2) is 5.13 Å². The van der Waals surface area contributed by atoms with Crippen LogP contribution < -0.4 is 10.2 Å². The molecule has 1 saturated heterocycles. The molecule has 7 nitrogen and oxygen atoms in total. The number of H-pyrrole nitrogens is 1. The molecular weight excluding hydrogens is 470 g/mol. The number of hydrogen-bond acceptors (Lipinski definition) is 6. The fourth-order valence-corrected chi connectivity index (χ4v) is 4.89. The quantitative estimate of drug-likeness (QED) is 0.371. The maximum atomic E-state index is 13.1. The Kier molecular flexibility index (Phi) is 6.36. The zero-order valence-corrected chi connectivity index (χ0v) is 20.4. The van der Waals surface area contributed by atoms with Gasteiger partial charge < -0.3 is 14.6 Å². The number of halogens is 1. The predicted octanol–water partition coefficient (Wildman–Crippen LogP) is 5.72. The molecule has 1 aliphatic rings. The zero-order valence-electron chi connectivity index (χ0n) is 18.8. The lowest BCUT2D eigenvalue weighted by molar-refractivity contribution is 0.0757. The SMILES string of the molecule is CC1COCC(C)N1c1ccc(-c2nc(-c3ccc(Cl)cc3)c(C(=O)Nc3nccs3)[nH]2)cc1. The van der Waals surface area contributed by atoms with Gasteiger partial charge in [0.05, 0.1) is 13.2 Å². The van der Waals surface area contributed by atoms with E-state index in [0.29, 0.717) is 52.7 Å². The normalized spacial score (nSPS) is 18.1. The number of anilines is 2. The Morgan fingerprint density at radius 3 is 2.41 bits per heavy atom. The summed E-state index contributed by atoms with van der Waals surface area (Å²) in [5.41, 5.74) is 3.75. The lowest BCUT2D eigenvalue weighted by Crippen LogP contribution is -2.49. The Balaban J connectivity index is 1.49. The number of hydrogen-bond donors (Lipinski definition) is 2. The van der Waals surface area contributed by atoms with Crippen LogP contribution in [0.5, 0.6) is 0 Å². The monoisotopic (exact) mass is 493 g/mol. The third-order valence-electron chi connectivity index (χ3n) is 5.81. The van der Waals surface area contributed by atoms with E-state index in [0.717, 1.165) is 16.8 Å².